The summed E-state index contributed by atoms with van der Waals surface area (Å²) in [6, 6.07) is 15.4. The SMILES string of the molecule is Cc1ccc(Br)cc1NC(=O)C(CN)c1ccccc1. The summed E-state index contributed by atoms with van der Waals surface area (Å²) in [4.78, 5) is 12.4. The van der Waals surface area contributed by atoms with Gasteiger partial charge >= 0.3 is 0 Å². The van der Waals surface area contributed by atoms with Gasteiger partial charge in [0.25, 0.3) is 0 Å². The molecule has 0 aliphatic rings. The molecule has 0 saturated carbocycles. The summed E-state index contributed by atoms with van der Waals surface area (Å²) in [6.07, 6.45) is 0. The predicted octanol–water partition coefficient (Wildman–Crippen LogP) is 3.44. The smallest absolute Gasteiger partial charge is 0.233 e. The lowest BCUT2D eigenvalue weighted by molar-refractivity contribution is -0.117. The summed E-state index contributed by atoms with van der Waals surface area (Å²) < 4.78 is 0.933. The van der Waals surface area contributed by atoms with Crippen molar-refractivity contribution in [2.24, 2.45) is 5.73 Å². The van der Waals surface area contributed by atoms with Crippen molar-refractivity contribution in [1.29, 1.82) is 0 Å². The number of rotatable bonds is 4. The van der Waals surface area contributed by atoms with Gasteiger partial charge < -0.3 is 11.1 Å². The Hall–Kier alpha value is -1.65. The zero-order valence-corrected chi connectivity index (χ0v) is 12.9. The van der Waals surface area contributed by atoms with E-state index in [1.807, 2.05) is 55.5 Å². The van der Waals surface area contributed by atoms with Crippen molar-refractivity contribution < 1.29 is 4.79 Å². The summed E-state index contributed by atoms with van der Waals surface area (Å²) in [5, 5.41) is 2.95. The van der Waals surface area contributed by atoms with Crippen molar-refractivity contribution in [1.82, 2.24) is 0 Å². The first-order chi connectivity index (χ1) is 9.61. The Morgan fingerprint density at radius 2 is 1.95 bits per heavy atom. The van der Waals surface area contributed by atoms with Gasteiger partial charge in [-0.2, -0.15) is 0 Å². The molecular weight excluding hydrogens is 316 g/mol. The molecule has 0 bridgehead atoms. The Bertz CT molecular complexity index is 599. The van der Waals surface area contributed by atoms with Gasteiger partial charge in [0.1, 0.15) is 0 Å². The number of nitrogens with two attached hydrogens (primary N) is 1. The van der Waals surface area contributed by atoms with Gasteiger partial charge in [-0.3, -0.25) is 4.79 Å². The second-order valence-electron chi connectivity index (χ2n) is 4.65. The van der Waals surface area contributed by atoms with Crippen LogP contribution in [0.1, 0.15) is 17.0 Å². The number of carbonyl (C=O) groups is 1. The van der Waals surface area contributed by atoms with Crippen molar-refractivity contribution in [3.05, 3.63) is 64.1 Å². The van der Waals surface area contributed by atoms with Gasteiger partial charge in [-0.25, -0.2) is 0 Å². The molecule has 1 amide bonds. The fourth-order valence-corrected chi connectivity index (χ4v) is 2.39. The van der Waals surface area contributed by atoms with Crippen LogP contribution in [0, 0.1) is 6.92 Å². The van der Waals surface area contributed by atoms with E-state index < -0.39 is 0 Å². The van der Waals surface area contributed by atoms with Gasteiger partial charge in [0, 0.05) is 16.7 Å². The van der Waals surface area contributed by atoms with Gasteiger partial charge in [0.2, 0.25) is 5.91 Å². The second kappa shape index (κ2) is 6.68. The molecule has 3 N–H and O–H groups in total. The highest BCUT2D eigenvalue weighted by Gasteiger charge is 2.19. The average Bonchev–Trinajstić information content (AvgIpc) is 2.45. The molecule has 0 fully saturated rings. The van der Waals surface area contributed by atoms with E-state index in [0.29, 0.717) is 0 Å². The summed E-state index contributed by atoms with van der Waals surface area (Å²) in [6.45, 7) is 2.24. The highest BCUT2D eigenvalue weighted by Crippen LogP contribution is 2.23. The number of hydrogen-bond acceptors (Lipinski definition) is 2. The third kappa shape index (κ3) is 3.46. The summed E-state index contributed by atoms with van der Waals surface area (Å²) >= 11 is 3.41. The summed E-state index contributed by atoms with van der Waals surface area (Å²) in [5.74, 6) is -0.422. The molecule has 2 aromatic carbocycles. The third-order valence-electron chi connectivity index (χ3n) is 3.21. The standard InChI is InChI=1S/C16H17BrN2O/c1-11-7-8-13(17)9-15(11)19-16(20)14(10-18)12-5-3-2-4-6-12/h2-9,14H,10,18H2,1H3,(H,19,20). The first-order valence-corrected chi connectivity index (χ1v) is 7.23. The van der Waals surface area contributed by atoms with E-state index in [1.165, 1.54) is 0 Å². The van der Waals surface area contributed by atoms with Crippen LogP contribution in [-0.4, -0.2) is 12.5 Å². The van der Waals surface area contributed by atoms with Crippen LogP contribution in [0.3, 0.4) is 0 Å². The predicted molar refractivity (Wildman–Crippen MR) is 85.7 cm³/mol. The molecule has 0 heterocycles. The highest BCUT2D eigenvalue weighted by atomic mass is 79.9. The van der Waals surface area contributed by atoms with E-state index in [0.717, 1.165) is 21.3 Å². The Balaban J connectivity index is 2.20. The van der Waals surface area contributed by atoms with Crippen molar-refractivity contribution in [2.75, 3.05) is 11.9 Å². The molecule has 2 aromatic rings. The van der Waals surface area contributed by atoms with Crippen molar-refractivity contribution in [3.8, 4) is 0 Å². The maximum atomic E-state index is 12.4. The van der Waals surface area contributed by atoms with Crippen LogP contribution < -0.4 is 11.1 Å². The van der Waals surface area contributed by atoms with Crippen LogP contribution in [0.5, 0.6) is 0 Å². The number of benzene rings is 2. The molecular formula is C16H17BrN2O. The molecule has 0 aromatic heterocycles. The monoisotopic (exact) mass is 332 g/mol. The maximum absolute atomic E-state index is 12.4. The quantitative estimate of drug-likeness (QED) is 0.901. The molecule has 4 heteroatoms. The number of nitrogens with one attached hydrogen (secondary N) is 1. The molecule has 3 nitrogen and oxygen atoms in total. The lowest BCUT2D eigenvalue weighted by Crippen LogP contribution is -2.27. The van der Waals surface area contributed by atoms with Crippen LogP contribution in [0.2, 0.25) is 0 Å². The Morgan fingerprint density at radius 3 is 2.60 bits per heavy atom. The number of anilines is 1. The molecule has 0 spiro atoms. The number of aryl methyl sites for hydroxylation is 1. The molecule has 0 saturated heterocycles. The van der Waals surface area contributed by atoms with Crippen molar-refractivity contribution in [3.63, 3.8) is 0 Å². The average molecular weight is 333 g/mol. The third-order valence-corrected chi connectivity index (χ3v) is 3.70. The second-order valence-corrected chi connectivity index (χ2v) is 5.56. The molecule has 0 radical (unpaired) electrons. The first kappa shape index (κ1) is 14.8. The fourth-order valence-electron chi connectivity index (χ4n) is 2.03. The molecule has 104 valence electrons. The largest absolute Gasteiger partial charge is 0.329 e. The van der Waals surface area contributed by atoms with E-state index in [-0.39, 0.29) is 18.4 Å². The van der Waals surface area contributed by atoms with Crippen LogP contribution >= 0.6 is 15.9 Å². The number of carbonyl (C=O) groups excluding carboxylic acids is 1. The van der Waals surface area contributed by atoms with E-state index in [1.54, 1.807) is 0 Å². The first-order valence-electron chi connectivity index (χ1n) is 6.44. The van der Waals surface area contributed by atoms with Gasteiger partial charge in [-0.1, -0.05) is 52.3 Å². The molecule has 0 aliphatic heterocycles. The minimum atomic E-state index is -0.338. The van der Waals surface area contributed by atoms with Gasteiger partial charge in [0.15, 0.2) is 0 Å². The van der Waals surface area contributed by atoms with Crippen LogP contribution in [-0.2, 0) is 4.79 Å². The van der Waals surface area contributed by atoms with Gasteiger partial charge in [-0.15, -0.1) is 0 Å². The topological polar surface area (TPSA) is 55.1 Å². The van der Waals surface area contributed by atoms with Gasteiger partial charge in [0.05, 0.1) is 5.92 Å². The maximum Gasteiger partial charge on any atom is 0.233 e. The summed E-state index contributed by atoms with van der Waals surface area (Å²) in [5.41, 5.74) is 8.51. The minimum Gasteiger partial charge on any atom is -0.329 e. The Kier molecular flexibility index (Phi) is 4.93. The molecule has 1 atom stereocenters. The number of hydrogen-bond donors (Lipinski definition) is 2. The van der Waals surface area contributed by atoms with Crippen LogP contribution in [0.4, 0.5) is 5.69 Å². The van der Waals surface area contributed by atoms with E-state index in [2.05, 4.69) is 21.2 Å². The van der Waals surface area contributed by atoms with Crippen molar-refractivity contribution in [2.45, 2.75) is 12.8 Å². The van der Waals surface area contributed by atoms with E-state index in [4.69, 9.17) is 5.73 Å². The normalized spacial score (nSPS) is 11.9. The van der Waals surface area contributed by atoms with Crippen LogP contribution in [0.25, 0.3) is 0 Å². The molecule has 2 rings (SSSR count). The zero-order valence-electron chi connectivity index (χ0n) is 11.3. The number of halogens is 1. The summed E-state index contributed by atoms with van der Waals surface area (Å²) in [7, 11) is 0. The highest BCUT2D eigenvalue weighted by molar-refractivity contribution is 9.10. The lowest BCUT2D eigenvalue weighted by Gasteiger charge is -2.16. The van der Waals surface area contributed by atoms with E-state index >= 15 is 0 Å². The number of amides is 1. The fraction of sp³-hybridized carbons (Fsp3) is 0.188. The Morgan fingerprint density at radius 1 is 1.25 bits per heavy atom. The Labute approximate surface area is 127 Å². The van der Waals surface area contributed by atoms with Crippen molar-refractivity contribution >= 4 is 27.5 Å². The minimum absolute atomic E-state index is 0.0834. The molecule has 0 aliphatic carbocycles. The lowest BCUT2D eigenvalue weighted by atomic mass is 9.98. The van der Waals surface area contributed by atoms with Gasteiger partial charge in [-0.05, 0) is 30.2 Å². The zero-order chi connectivity index (χ0) is 14.5. The molecule has 1 unspecified atom stereocenters. The van der Waals surface area contributed by atoms with E-state index in [9.17, 15) is 4.79 Å². The molecule has 20 heavy (non-hydrogen) atoms. The van der Waals surface area contributed by atoms with Crippen LogP contribution in [0.15, 0.2) is 53.0 Å².